The highest BCUT2D eigenvalue weighted by atomic mass is 16.6. The number of carbonyl (C=O) groups is 3. The van der Waals surface area contributed by atoms with Gasteiger partial charge in [-0.25, -0.2) is 4.79 Å². The topological polar surface area (TPSA) is 81.7 Å². The van der Waals surface area contributed by atoms with Crippen molar-refractivity contribution in [2.24, 2.45) is 0 Å². The van der Waals surface area contributed by atoms with E-state index in [1.54, 1.807) is 51.1 Å². The molecule has 0 aromatic heterocycles. The maximum absolute atomic E-state index is 12.1. The smallest absolute Gasteiger partial charge is 0.328 e. The van der Waals surface area contributed by atoms with Crippen molar-refractivity contribution in [3.8, 4) is 0 Å². The molecule has 1 atom stereocenters. The number of rotatable bonds is 6. The van der Waals surface area contributed by atoms with Crippen molar-refractivity contribution in [2.45, 2.75) is 45.3 Å². The molecule has 126 valence electrons. The summed E-state index contributed by atoms with van der Waals surface area (Å²) >= 11 is 0. The second-order valence-corrected chi connectivity index (χ2v) is 6.04. The molecule has 6 heteroatoms. The lowest BCUT2D eigenvalue weighted by Gasteiger charge is -2.21. The summed E-state index contributed by atoms with van der Waals surface area (Å²) in [6.07, 6.45) is 0.117. The van der Waals surface area contributed by atoms with E-state index in [-0.39, 0.29) is 12.8 Å². The van der Waals surface area contributed by atoms with Gasteiger partial charge < -0.3 is 14.8 Å². The van der Waals surface area contributed by atoms with Crippen LogP contribution in [0.3, 0.4) is 0 Å². The number of nitrogens with one attached hydrogen (secondary N) is 1. The van der Waals surface area contributed by atoms with Crippen molar-refractivity contribution >= 4 is 17.8 Å². The van der Waals surface area contributed by atoms with E-state index < -0.39 is 29.5 Å². The Balaban J connectivity index is 2.65. The first-order valence-electron chi connectivity index (χ1n) is 7.38. The molecule has 0 radical (unpaired) electrons. The summed E-state index contributed by atoms with van der Waals surface area (Å²) in [6, 6.07) is 7.61. The minimum absolute atomic E-state index is 0.00606. The molecule has 0 spiro atoms. The lowest BCUT2D eigenvalue weighted by molar-refractivity contribution is -0.155. The second-order valence-electron chi connectivity index (χ2n) is 6.04. The zero-order chi connectivity index (χ0) is 17.5. The van der Waals surface area contributed by atoms with Gasteiger partial charge in [0.25, 0.3) is 5.91 Å². The van der Waals surface area contributed by atoms with Crippen molar-refractivity contribution in [2.75, 3.05) is 7.11 Å². The van der Waals surface area contributed by atoms with Crippen LogP contribution in [0.1, 0.15) is 44.0 Å². The highest BCUT2D eigenvalue weighted by Gasteiger charge is 2.24. The normalized spacial score (nSPS) is 12.2. The maximum atomic E-state index is 12.1. The lowest BCUT2D eigenvalue weighted by Crippen LogP contribution is -2.42. The van der Waals surface area contributed by atoms with Crippen LogP contribution >= 0.6 is 0 Å². The summed E-state index contributed by atoms with van der Waals surface area (Å²) in [7, 11) is 1.23. The number of methoxy groups -OCH3 is 1. The van der Waals surface area contributed by atoms with Gasteiger partial charge >= 0.3 is 11.9 Å². The zero-order valence-electron chi connectivity index (χ0n) is 13.9. The highest BCUT2D eigenvalue weighted by molar-refractivity contribution is 5.96. The molecule has 0 aliphatic heterocycles. The van der Waals surface area contributed by atoms with Crippen LogP contribution < -0.4 is 5.32 Å². The predicted molar refractivity (Wildman–Crippen MR) is 84.8 cm³/mol. The van der Waals surface area contributed by atoms with Gasteiger partial charge in [-0.3, -0.25) is 9.59 Å². The number of benzene rings is 1. The average molecular weight is 321 g/mol. The zero-order valence-corrected chi connectivity index (χ0v) is 13.9. The molecule has 0 fully saturated rings. The third-order valence-electron chi connectivity index (χ3n) is 2.88. The number of carbonyl (C=O) groups excluding carboxylic acids is 3. The fraction of sp³-hybridized carbons (Fsp3) is 0.471. The van der Waals surface area contributed by atoms with E-state index in [1.807, 2.05) is 0 Å². The summed E-state index contributed by atoms with van der Waals surface area (Å²) in [4.78, 5) is 35.6. The van der Waals surface area contributed by atoms with Crippen molar-refractivity contribution in [3.05, 3.63) is 35.9 Å². The largest absolute Gasteiger partial charge is 0.467 e. The Bertz CT molecular complexity index is 548. The minimum Gasteiger partial charge on any atom is -0.467 e. The lowest BCUT2D eigenvalue weighted by atomic mass is 10.1. The molecule has 0 bridgehead atoms. The second kappa shape index (κ2) is 8.31. The van der Waals surface area contributed by atoms with Gasteiger partial charge in [0.1, 0.15) is 11.6 Å². The van der Waals surface area contributed by atoms with Crippen LogP contribution in [0.15, 0.2) is 30.3 Å². The average Bonchev–Trinajstić information content (AvgIpc) is 2.49. The van der Waals surface area contributed by atoms with E-state index in [9.17, 15) is 14.4 Å². The molecule has 0 aliphatic carbocycles. The van der Waals surface area contributed by atoms with E-state index >= 15 is 0 Å². The molecule has 23 heavy (non-hydrogen) atoms. The quantitative estimate of drug-likeness (QED) is 0.811. The van der Waals surface area contributed by atoms with Gasteiger partial charge in [-0.2, -0.15) is 0 Å². The van der Waals surface area contributed by atoms with Crippen molar-refractivity contribution < 1.29 is 23.9 Å². The number of hydrogen-bond acceptors (Lipinski definition) is 5. The van der Waals surface area contributed by atoms with Crippen LogP contribution in [-0.2, 0) is 19.1 Å². The minimum atomic E-state index is -0.903. The molecule has 1 aromatic carbocycles. The molecule has 1 N–H and O–H groups in total. The van der Waals surface area contributed by atoms with Gasteiger partial charge in [0.15, 0.2) is 0 Å². The fourth-order valence-electron chi connectivity index (χ4n) is 1.88. The molecule has 1 amide bonds. The molecule has 0 heterocycles. The summed E-state index contributed by atoms with van der Waals surface area (Å²) in [5.74, 6) is -1.43. The molecule has 1 aromatic rings. The number of ether oxygens (including phenoxy) is 2. The first kappa shape index (κ1) is 18.7. The molecular weight excluding hydrogens is 298 g/mol. The van der Waals surface area contributed by atoms with Crippen LogP contribution in [0, 0.1) is 0 Å². The third kappa shape index (κ3) is 6.95. The van der Waals surface area contributed by atoms with E-state index in [0.717, 1.165) is 0 Å². The van der Waals surface area contributed by atoms with Crippen LogP contribution in [0.4, 0.5) is 0 Å². The van der Waals surface area contributed by atoms with E-state index in [1.165, 1.54) is 7.11 Å². The first-order chi connectivity index (χ1) is 10.7. The summed E-state index contributed by atoms with van der Waals surface area (Å²) < 4.78 is 9.86. The monoisotopic (exact) mass is 321 g/mol. The Morgan fingerprint density at radius 2 is 1.74 bits per heavy atom. The van der Waals surface area contributed by atoms with Crippen molar-refractivity contribution in [3.63, 3.8) is 0 Å². The van der Waals surface area contributed by atoms with E-state index in [2.05, 4.69) is 10.1 Å². The maximum Gasteiger partial charge on any atom is 0.328 e. The molecular formula is C17H23NO5. The van der Waals surface area contributed by atoms with Gasteiger partial charge in [-0.15, -0.1) is 0 Å². The number of hydrogen-bond donors (Lipinski definition) is 1. The Hall–Kier alpha value is -2.37. The van der Waals surface area contributed by atoms with Gasteiger partial charge in [0.05, 0.1) is 7.11 Å². The van der Waals surface area contributed by atoms with Gasteiger partial charge in [-0.1, -0.05) is 18.2 Å². The molecule has 0 saturated heterocycles. The van der Waals surface area contributed by atoms with E-state index in [0.29, 0.717) is 5.56 Å². The van der Waals surface area contributed by atoms with Crippen LogP contribution in [0.25, 0.3) is 0 Å². The van der Waals surface area contributed by atoms with Gasteiger partial charge in [-0.05, 0) is 39.3 Å². The summed E-state index contributed by atoms with van der Waals surface area (Å²) in [6.45, 7) is 5.29. The number of esters is 2. The van der Waals surface area contributed by atoms with Crippen molar-refractivity contribution in [1.29, 1.82) is 0 Å². The predicted octanol–water partition coefficient (Wildman–Crippen LogP) is 2.08. The Kier molecular flexibility index (Phi) is 6.75. The van der Waals surface area contributed by atoms with Gasteiger partial charge in [0.2, 0.25) is 0 Å². The van der Waals surface area contributed by atoms with Crippen molar-refractivity contribution in [1.82, 2.24) is 5.32 Å². The molecule has 0 aliphatic rings. The third-order valence-corrected chi connectivity index (χ3v) is 2.88. The molecule has 0 unspecified atom stereocenters. The van der Waals surface area contributed by atoms with E-state index in [4.69, 9.17) is 4.74 Å². The molecule has 0 saturated carbocycles. The standard InChI is InChI=1S/C17H23NO5/c1-17(2,3)23-14(19)11-10-13(16(21)22-4)18-15(20)12-8-6-5-7-9-12/h5-9,13H,10-11H2,1-4H3,(H,18,20)/t13-/m1/s1. The highest BCUT2D eigenvalue weighted by Crippen LogP contribution is 2.11. The Labute approximate surface area is 136 Å². The molecule has 1 rings (SSSR count). The van der Waals surface area contributed by atoms with Crippen LogP contribution in [0.5, 0.6) is 0 Å². The Morgan fingerprint density at radius 3 is 2.26 bits per heavy atom. The number of amides is 1. The molecule has 6 nitrogen and oxygen atoms in total. The van der Waals surface area contributed by atoms with Gasteiger partial charge in [0, 0.05) is 12.0 Å². The summed E-state index contributed by atoms with van der Waals surface area (Å²) in [5, 5.41) is 2.58. The SMILES string of the molecule is COC(=O)[C@@H](CCC(=O)OC(C)(C)C)NC(=O)c1ccccc1. The summed E-state index contributed by atoms with van der Waals surface area (Å²) in [5.41, 5.74) is -0.163. The van der Waals surface area contributed by atoms with Crippen LogP contribution in [-0.4, -0.2) is 36.6 Å². The Morgan fingerprint density at radius 1 is 1.13 bits per heavy atom. The first-order valence-corrected chi connectivity index (χ1v) is 7.38. The van der Waals surface area contributed by atoms with Crippen LogP contribution in [0.2, 0.25) is 0 Å². The fourth-order valence-corrected chi connectivity index (χ4v) is 1.88.